The number of hydrogen-bond acceptors (Lipinski definition) is 9. The minimum atomic E-state index is -0.388. The monoisotopic (exact) mass is 494 g/mol. The molecule has 4 N–H and O–H groups in total. The number of aldehydes is 1. The van der Waals surface area contributed by atoms with Crippen molar-refractivity contribution >= 4 is 24.0 Å². The molecule has 1 aromatic heterocycles. The van der Waals surface area contributed by atoms with Crippen LogP contribution in [0, 0.1) is 11.3 Å². The largest absolute Gasteiger partial charge is 0.383 e. The quantitative estimate of drug-likeness (QED) is 0.283. The van der Waals surface area contributed by atoms with Gasteiger partial charge in [-0.3, -0.25) is 19.8 Å². The number of nitrogens with one attached hydrogen (secondary N) is 4. The number of urea groups is 1. The van der Waals surface area contributed by atoms with Crippen LogP contribution in [0.25, 0.3) is 0 Å². The van der Waals surface area contributed by atoms with Crippen molar-refractivity contribution in [3.63, 3.8) is 0 Å². The maximum absolute atomic E-state index is 13.2. The summed E-state index contributed by atoms with van der Waals surface area (Å²) in [7, 11) is 1.60. The van der Waals surface area contributed by atoms with Gasteiger partial charge in [0.05, 0.1) is 37.0 Å². The molecule has 3 aliphatic heterocycles. The molecule has 1 fully saturated rings. The van der Waals surface area contributed by atoms with Crippen molar-refractivity contribution in [1.29, 1.82) is 5.26 Å². The number of aromatic nitrogens is 1. The predicted molar refractivity (Wildman–Crippen MR) is 131 cm³/mol. The van der Waals surface area contributed by atoms with E-state index < -0.39 is 0 Å². The minimum absolute atomic E-state index is 0.0187. The number of nitrogens with zero attached hydrogens (tertiary/aromatic N) is 4. The third kappa shape index (κ3) is 5.64. The zero-order valence-electron chi connectivity index (χ0n) is 20.2. The average Bonchev–Trinajstić information content (AvgIpc) is 2.89. The minimum Gasteiger partial charge on any atom is -0.383 e. The fourth-order valence-electron chi connectivity index (χ4n) is 4.37. The van der Waals surface area contributed by atoms with E-state index in [4.69, 9.17) is 4.74 Å². The number of nitriles is 1. The molecule has 0 aromatic carbocycles. The van der Waals surface area contributed by atoms with Crippen molar-refractivity contribution in [3.05, 3.63) is 46.1 Å². The molecule has 12 heteroatoms. The van der Waals surface area contributed by atoms with Gasteiger partial charge in [0.15, 0.2) is 6.29 Å². The second-order valence-electron chi connectivity index (χ2n) is 8.65. The number of allylic oxidation sites excluding steroid dienone is 1. The Hall–Kier alpha value is -3.95. The first-order valence-corrected chi connectivity index (χ1v) is 11.9. The first-order chi connectivity index (χ1) is 17.5. The SMILES string of the molecule is COCCNC1=C(C#N)CNC(NC(=O)N2CCCc3cc(CN4CCNCC4=O)c(C=O)nc32)=C1. The Morgan fingerprint density at radius 3 is 2.97 bits per heavy atom. The fourth-order valence-corrected chi connectivity index (χ4v) is 4.37. The highest BCUT2D eigenvalue weighted by molar-refractivity contribution is 5.94. The van der Waals surface area contributed by atoms with Gasteiger partial charge < -0.3 is 25.6 Å². The van der Waals surface area contributed by atoms with Crippen LogP contribution in [0.3, 0.4) is 0 Å². The molecular weight excluding hydrogens is 464 g/mol. The topological polar surface area (TPSA) is 152 Å². The number of amides is 3. The average molecular weight is 495 g/mol. The van der Waals surface area contributed by atoms with E-state index >= 15 is 0 Å². The number of carbonyl (C=O) groups is 3. The summed E-state index contributed by atoms with van der Waals surface area (Å²) < 4.78 is 5.05. The summed E-state index contributed by atoms with van der Waals surface area (Å²) >= 11 is 0. The first kappa shape index (κ1) is 25.2. The fraction of sp³-hybridized carbons (Fsp3) is 0.458. The molecule has 0 unspecified atom stereocenters. The molecular formula is C24H30N8O4. The van der Waals surface area contributed by atoms with Gasteiger partial charge in [0.2, 0.25) is 5.91 Å². The highest BCUT2D eigenvalue weighted by Gasteiger charge is 2.28. The van der Waals surface area contributed by atoms with Crippen LogP contribution in [0.5, 0.6) is 0 Å². The van der Waals surface area contributed by atoms with E-state index in [0.717, 1.165) is 18.4 Å². The molecule has 0 bridgehead atoms. The molecule has 3 amide bonds. The molecule has 190 valence electrons. The van der Waals surface area contributed by atoms with Crippen LogP contribution in [-0.4, -0.2) is 81.1 Å². The van der Waals surface area contributed by atoms with Crippen LogP contribution in [0.1, 0.15) is 28.0 Å². The number of hydrogen-bond donors (Lipinski definition) is 4. The summed E-state index contributed by atoms with van der Waals surface area (Å²) in [6, 6.07) is 3.66. The van der Waals surface area contributed by atoms with E-state index in [1.807, 2.05) is 6.07 Å². The predicted octanol–water partition coefficient (Wildman–Crippen LogP) is -0.254. The van der Waals surface area contributed by atoms with Crippen LogP contribution in [0.15, 0.2) is 29.2 Å². The van der Waals surface area contributed by atoms with Crippen molar-refractivity contribution in [2.45, 2.75) is 19.4 Å². The number of rotatable bonds is 8. The number of carbonyl (C=O) groups excluding carboxylic acids is 3. The van der Waals surface area contributed by atoms with Gasteiger partial charge in [-0.15, -0.1) is 0 Å². The molecule has 0 aliphatic carbocycles. The van der Waals surface area contributed by atoms with E-state index in [2.05, 4.69) is 32.3 Å². The zero-order valence-corrected chi connectivity index (χ0v) is 20.2. The Bertz CT molecular complexity index is 1140. The van der Waals surface area contributed by atoms with Gasteiger partial charge in [0.1, 0.15) is 17.3 Å². The molecule has 0 radical (unpaired) electrons. The summed E-state index contributed by atoms with van der Waals surface area (Å²) in [6.07, 6.45) is 3.81. The van der Waals surface area contributed by atoms with E-state index in [1.54, 1.807) is 18.1 Å². The van der Waals surface area contributed by atoms with E-state index in [0.29, 0.717) is 74.1 Å². The van der Waals surface area contributed by atoms with E-state index in [9.17, 15) is 19.6 Å². The molecule has 4 rings (SSSR count). The third-order valence-electron chi connectivity index (χ3n) is 6.25. The molecule has 12 nitrogen and oxygen atoms in total. The van der Waals surface area contributed by atoms with Gasteiger partial charge >= 0.3 is 6.03 Å². The number of dihydropyridines is 1. The van der Waals surface area contributed by atoms with Gasteiger partial charge in [0.25, 0.3) is 0 Å². The summed E-state index contributed by atoms with van der Waals surface area (Å²) in [4.78, 5) is 45.1. The Kier molecular flexibility index (Phi) is 8.14. The van der Waals surface area contributed by atoms with Gasteiger partial charge in [-0.25, -0.2) is 9.78 Å². The number of methoxy groups -OCH3 is 1. The molecule has 1 aromatic rings. The lowest BCUT2D eigenvalue weighted by molar-refractivity contribution is -0.132. The van der Waals surface area contributed by atoms with Gasteiger partial charge in [0, 0.05) is 51.5 Å². The highest BCUT2D eigenvalue weighted by atomic mass is 16.5. The van der Waals surface area contributed by atoms with Gasteiger partial charge in [-0.1, -0.05) is 0 Å². The van der Waals surface area contributed by atoms with Gasteiger partial charge in [-0.2, -0.15) is 5.26 Å². The van der Waals surface area contributed by atoms with Crippen molar-refractivity contribution in [2.75, 3.05) is 57.9 Å². The second-order valence-corrected chi connectivity index (χ2v) is 8.65. The summed E-state index contributed by atoms with van der Waals surface area (Å²) in [5.74, 6) is 0.879. The molecule has 36 heavy (non-hydrogen) atoms. The standard InChI is InChI=1S/C24H30N8O4/c1-36-8-5-27-19-10-21(28-12-18(19)11-25)30-24(35)32-6-2-3-16-9-17(20(15-33)29-23(16)32)14-31-7-4-26-13-22(31)34/h9-10,15,26-28H,2-8,12-14H2,1H3,(H,30,35). The Morgan fingerprint density at radius 2 is 2.22 bits per heavy atom. The molecule has 4 heterocycles. The molecule has 0 atom stereocenters. The second kappa shape index (κ2) is 11.7. The zero-order chi connectivity index (χ0) is 25.5. The summed E-state index contributed by atoms with van der Waals surface area (Å²) in [5, 5.41) is 21.5. The summed E-state index contributed by atoms with van der Waals surface area (Å²) in [6.45, 7) is 3.58. The van der Waals surface area contributed by atoms with E-state index in [1.165, 1.54) is 4.90 Å². The maximum atomic E-state index is 13.2. The first-order valence-electron chi connectivity index (χ1n) is 11.9. The van der Waals surface area contributed by atoms with Crippen LogP contribution in [0.2, 0.25) is 0 Å². The number of ether oxygens (including phenoxy) is 1. The maximum Gasteiger partial charge on any atom is 0.328 e. The van der Waals surface area contributed by atoms with Crippen LogP contribution >= 0.6 is 0 Å². The summed E-state index contributed by atoms with van der Waals surface area (Å²) in [5.41, 5.74) is 2.91. The lowest BCUT2D eigenvalue weighted by atomic mass is 10.0. The molecule has 0 spiro atoms. The lowest BCUT2D eigenvalue weighted by Crippen LogP contribution is -2.48. The smallest absolute Gasteiger partial charge is 0.328 e. The number of aryl methyl sites for hydroxylation is 1. The van der Waals surface area contributed by atoms with Crippen molar-refractivity contribution in [1.82, 2.24) is 31.2 Å². The van der Waals surface area contributed by atoms with E-state index in [-0.39, 0.29) is 30.7 Å². The van der Waals surface area contributed by atoms with Gasteiger partial charge in [-0.05, 0) is 24.5 Å². The normalized spacial score (nSPS) is 17.6. The Morgan fingerprint density at radius 1 is 1.36 bits per heavy atom. The van der Waals surface area contributed by atoms with Crippen molar-refractivity contribution in [3.8, 4) is 6.07 Å². The number of anilines is 1. The number of piperazine rings is 1. The molecule has 0 saturated carbocycles. The molecule has 1 saturated heterocycles. The number of pyridine rings is 1. The van der Waals surface area contributed by atoms with Crippen molar-refractivity contribution < 1.29 is 19.1 Å². The number of fused-ring (bicyclic) bond motifs is 1. The van der Waals surface area contributed by atoms with Crippen molar-refractivity contribution in [2.24, 2.45) is 0 Å². The Balaban J connectivity index is 1.52. The molecule has 3 aliphatic rings. The third-order valence-corrected chi connectivity index (χ3v) is 6.25. The lowest BCUT2D eigenvalue weighted by Gasteiger charge is -2.31. The van der Waals surface area contributed by atoms with Crippen LogP contribution < -0.4 is 26.2 Å². The highest BCUT2D eigenvalue weighted by Crippen LogP contribution is 2.28. The van der Waals surface area contributed by atoms with Crippen LogP contribution in [-0.2, 0) is 22.5 Å². The Labute approximate surface area is 209 Å². The van der Waals surface area contributed by atoms with Crippen LogP contribution in [0.4, 0.5) is 10.6 Å².